The molecule has 1 aromatic carbocycles. The molecule has 8 heteroatoms. The fourth-order valence-electron chi connectivity index (χ4n) is 5.29. The van der Waals surface area contributed by atoms with E-state index in [9.17, 15) is 0 Å². The molecule has 0 spiro atoms. The second-order valence-electron chi connectivity index (χ2n) is 9.06. The van der Waals surface area contributed by atoms with Crippen LogP contribution >= 0.6 is 0 Å². The highest BCUT2D eigenvalue weighted by Gasteiger charge is 2.33. The third-order valence-corrected chi connectivity index (χ3v) is 6.86. The van der Waals surface area contributed by atoms with Gasteiger partial charge in [0.05, 0.1) is 22.5 Å². The summed E-state index contributed by atoms with van der Waals surface area (Å²) >= 11 is 0. The van der Waals surface area contributed by atoms with Crippen LogP contribution in [0.25, 0.3) is 22.2 Å². The lowest BCUT2D eigenvalue weighted by Crippen LogP contribution is -2.33. The number of rotatable bonds is 3. The maximum atomic E-state index is 6.49. The van der Waals surface area contributed by atoms with E-state index in [1.807, 2.05) is 39.1 Å². The van der Waals surface area contributed by atoms with Crippen LogP contribution in [0.4, 0.5) is 5.95 Å². The fourth-order valence-corrected chi connectivity index (χ4v) is 5.29. The summed E-state index contributed by atoms with van der Waals surface area (Å²) in [5, 5.41) is 4.18. The summed E-state index contributed by atoms with van der Waals surface area (Å²) in [6.45, 7) is 9.91. The third-order valence-electron chi connectivity index (χ3n) is 6.86. The zero-order valence-corrected chi connectivity index (χ0v) is 20.3. The normalized spacial score (nSPS) is 17.6. The molecule has 1 atom stereocenters. The molecule has 4 aromatic rings. The van der Waals surface area contributed by atoms with Gasteiger partial charge in [-0.15, -0.1) is 0 Å². The molecule has 0 N–H and O–H groups in total. The maximum Gasteiger partial charge on any atom is 0.207 e. The number of nitrogens with zero attached hydrogens (tertiary/aromatic N) is 6. The first-order chi connectivity index (χ1) is 17.2. The van der Waals surface area contributed by atoms with Crippen molar-refractivity contribution in [3.8, 4) is 28.8 Å². The average molecular weight is 469 g/mol. The zero-order valence-electron chi connectivity index (χ0n) is 20.3. The number of hydrogen-bond acceptors (Lipinski definition) is 7. The summed E-state index contributed by atoms with van der Waals surface area (Å²) in [7, 11) is 0. The van der Waals surface area contributed by atoms with Crippen LogP contribution in [0.2, 0.25) is 0 Å². The van der Waals surface area contributed by atoms with Crippen molar-refractivity contribution in [1.29, 1.82) is 0 Å². The van der Waals surface area contributed by atoms with Gasteiger partial charge < -0.3 is 19.1 Å². The van der Waals surface area contributed by atoms with Crippen LogP contribution in [0.5, 0.6) is 5.75 Å². The smallest absolute Gasteiger partial charge is 0.207 e. The van der Waals surface area contributed by atoms with Gasteiger partial charge in [-0.3, -0.25) is 9.55 Å². The van der Waals surface area contributed by atoms with E-state index in [0.29, 0.717) is 6.61 Å². The van der Waals surface area contributed by atoms with Crippen molar-refractivity contribution in [2.45, 2.75) is 33.2 Å². The van der Waals surface area contributed by atoms with Gasteiger partial charge >= 0.3 is 0 Å². The van der Waals surface area contributed by atoms with E-state index in [4.69, 9.17) is 14.2 Å². The van der Waals surface area contributed by atoms with Crippen LogP contribution in [-0.2, 0) is 0 Å². The molecule has 0 unspecified atom stereocenters. The summed E-state index contributed by atoms with van der Waals surface area (Å²) in [6.07, 6.45) is 2.87. The van der Waals surface area contributed by atoms with Crippen LogP contribution in [0.3, 0.4) is 0 Å². The fraction of sp³-hybridized carbons (Fsp3) is 0.370. The van der Waals surface area contributed by atoms with Crippen molar-refractivity contribution >= 4 is 17.0 Å². The molecule has 6 rings (SSSR count). The van der Waals surface area contributed by atoms with E-state index >= 15 is 0 Å². The van der Waals surface area contributed by atoms with Crippen molar-refractivity contribution in [2.24, 2.45) is 0 Å². The Kier molecular flexibility index (Phi) is 5.33. The van der Waals surface area contributed by atoms with Gasteiger partial charge in [0.2, 0.25) is 5.95 Å². The summed E-state index contributed by atoms with van der Waals surface area (Å²) < 4.78 is 14.3. The predicted octanol–water partition coefficient (Wildman–Crippen LogP) is 4.18. The van der Waals surface area contributed by atoms with Crippen molar-refractivity contribution < 1.29 is 9.26 Å². The minimum Gasteiger partial charge on any atom is -0.488 e. The summed E-state index contributed by atoms with van der Waals surface area (Å²) in [5.74, 6) is 5.61. The van der Waals surface area contributed by atoms with E-state index < -0.39 is 0 Å². The predicted molar refractivity (Wildman–Crippen MR) is 134 cm³/mol. The summed E-state index contributed by atoms with van der Waals surface area (Å²) in [5.41, 5.74) is 5.70. The lowest BCUT2D eigenvalue weighted by molar-refractivity contribution is 0.257. The molecule has 1 saturated heterocycles. The Hall–Kier alpha value is -3.99. The highest BCUT2D eigenvalue weighted by Crippen LogP contribution is 2.45. The molecule has 2 aliphatic heterocycles. The van der Waals surface area contributed by atoms with Crippen molar-refractivity contribution in [1.82, 2.24) is 24.6 Å². The molecule has 0 saturated carbocycles. The van der Waals surface area contributed by atoms with E-state index in [-0.39, 0.29) is 6.04 Å². The number of ether oxygens (including phenoxy) is 1. The molecule has 0 aliphatic carbocycles. The van der Waals surface area contributed by atoms with Crippen LogP contribution in [0, 0.1) is 25.8 Å². The molecule has 5 heterocycles. The molecule has 0 radical (unpaired) electrons. The SMILES string of the molecule is CC#CN1CCCN(c2nc3ccc(-c4c(C)noc4C)c4c3n2[C@@H](c2ccccn2)CO4)CC1. The molecular formula is C27H28N6O2. The highest BCUT2D eigenvalue weighted by atomic mass is 16.5. The molecule has 8 nitrogen and oxygen atoms in total. The molecular weight excluding hydrogens is 440 g/mol. The average Bonchev–Trinajstić information content (AvgIpc) is 3.33. The van der Waals surface area contributed by atoms with Crippen molar-refractivity contribution in [3.63, 3.8) is 0 Å². The van der Waals surface area contributed by atoms with Gasteiger partial charge in [-0.25, -0.2) is 4.98 Å². The molecule has 178 valence electrons. The number of imidazole rings is 1. The Morgan fingerprint density at radius 1 is 1.06 bits per heavy atom. The first-order valence-electron chi connectivity index (χ1n) is 12.1. The third kappa shape index (κ3) is 3.59. The lowest BCUT2D eigenvalue weighted by atomic mass is 10.0. The molecule has 1 fully saturated rings. The largest absolute Gasteiger partial charge is 0.488 e. The number of pyridine rings is 1. The molecule has 2 aliphatic rings. The standard InChI is InChI=1S/C27H28N6O2/c1-4-12-31-13-7-14-32(16-15-31)27-29-22-10-9-20(24-18(2)30-35-19(24)3)26-25(22)33(27)23(17-34-26)21-8-5-6-11-28-21/h5-6,8-11,23H,7,13-17H2,1-3H3/t23-/m1/s1. The number of aromatic nitrogens is 4. The van der Waals surface area contributed by atoms with Gasteiger partial charge in [0.25, 0.3) is 0 Å². The van der Waals surface area contributed by atoms with Crippen LogP contribution in [0.15, 0.2) is 41.1 Å². The van der Waals surface area contributed by atoms with Gasteiger partial charge in [-0.1, -0.05) is 17.1 Å². The van der Waals surface area contributed by atoms with Gasteiger partial charge in [-0.2, -0.15) is 0 Å². The van der Waals surface area contributed by atoms with Crippen molar-refractivity contribution in [2.75, 3.05) is 37.7 Å². The highest BCUT2D eigenvalue weighted by molar-refractivity contribution is 5.94. The minimum absolute atomic E-state index is 0.0709. The van der Waals surface area contributed by atoms with Crippen molar-refractivity contribution in [3.05, 3.63) is 53.7 Å². The Morgan fingerprint density at radius 2 is 1.97 bits per heavy atom. The molecule has 3 aromatic heterocycles. The van der Waals surface area contributed by atoms with Crippen LogP contribution < -0.4 is 9.64 Å². The van der Waals surface area contributed by atoms with E-state index in [0.717, 1.165) is 83.6 Å². The first kappa shape index (κ1) is 21.5. The van der Waals surface area contributed by atoms with Gasteiger partial charge in [-0.05, 0) is 51.5 Å². The lowest BCUT2D eigenvalue weighted by Gasteiger charge is -2.31. The van der Waals surface area contributed by atoms with Crippen LogP contribution in [-0.4, -0.2) is 57.4 Å². The zero-order chi connectivity index (χ0) is 23.9. The van der Waals surface area contributed by atoms with Gasteiger partial charge in [0.1, 0.15) is 23.9 Å². The number of benzene rings is 1. The summed E-state index contributed by atoms with van der Waals surface area (Å²) in [4.78, 5) is 14.4. The Morgan fingerprint density at radius 3 is 2.74 bits per heavy atom. The van der Waals surface area contributed by atoms with E-state index in [2.05, 4.69) is 54.7 Å². The molecule has 35 heavy (non-hydrogen) atoms. The monoisotopic (exact) mass is 468 g/mol. The Balaban J connectivity index is 1.54. The van der Waals surface area contributed by atoms with E-state index in [1.165, 1.54) is 0 Å². The van der Waals surface area contributed by atoms with E-state index in [1.54, 1.807) is 0 Å². The molecule has 0 bridgehead atoms. The Labute approximate surface area is 204 Å². The topological polar surface area (TPSA) is 72.5 Å². The second kappa shape index (κ2) is 8.66. The summed E-state index contributed by atoms with van der Waals surface area (Å²) in [6, 6.07) is 13.3. The van der Waals surface area contributed by atoms with Gasteiger partial charge in [0.15, 0.2) is 5.75 Å². The number of anilines is 1. The van der Waals surface area contributed by atoms with Crippen LogP contribution in [0.1, 0.15) is 36.5 Å². The maximum absolute atomic E-state index is 6.49. The number of aryl methyl sites for hydroxylation is 2. The second-order valence-corrected chi connectivity index (χ2v) is 9.06. The van der Waals surface area contributed by atoms with Gasteiger partial charge in [0, 0.05) is 44.0 Å². The quantitative estimate of drug-likeness (QED) is 0.418. The first-order valence-corrected chi connectivity index (χ1v) is 12.1. The Bertz CT molecular complexity index is 1430. The molecule has 0 amide bonds. The minimum atomic E-state index is -0.0709. The number of hydrogen-bond donors (Lipinski definition) is 0.